The van der Waals surface area contributed by atoms with Crippen LogP contribution in [0.2, 0.25) is 0 Å². The van der Waals surface area contributed by atoms with E-state index in [4.69, 9.17) is 11.6 Å². The smallest absolute Gasteiger partial charge is 0.153 e. The SMILES string of the molecule is O=Cc1cc(F)c(C#CCCCl)cc1F. The van der Waals surface area contributed by atoms with Gasteiger partial charge in [0.2, 0.25) is 0 Å². The standard InChI is InChI=1S/C11H7ClF2O/c12-4-2-1-3-8-5-11(14)9(7-15)6-10(8)13/h5-7H,2,4H2. The highest BCUT2D eigenvalue weighted by Crippen LogP contribution is 2.12. The van der Waals surface area contributed by atoms with E-state index >= 15 is 0 Å². The van der Waals surface area contributed by atoms with Gasteiger partial charge >= 0.3 is 0 Å². The Kier molecular flexibility index (Phi) is 4.26. The second kappa shape index (κ2) is 5.47. The van der Waals surface area contributed by atoms with Gasteiger partial charge in [0.15, 0.2) is 6.29 Å². The van der Waals surface area contributed by atoms with E-state index in [0.717, 1.165) is 12.1 Å². The van der Waals surface area contributed by atoms with Crippen LogP contribution in [-0.2, 0) is 0 Å². The maximum absolute atomic E-state index is 13.2. The largest absolute Gasteiger partial charge is 0.298 e. The van der Waals surface area contributed by atoms with Crippen molar-refractivity contribution < 1.29 is 13.6 Å². The molecule has 0 spiro atoms. The van der Waals surface area contributed by atoms with E-state index in [-0.39, 0.29) is 17.4 Å². The maximum Gasteiger partial charge on any atom is 0.153 e. The van der Waals surface area contributed by atoms with E-state index in [0.29, 0.717) is 12.3 Å². The van der Waals surface area contributed by atoms with Crippen LogP contribution in [0.15, 0.2) is 12.1 Å². The number of hydrogen-bond donors (Lipinski definition) is 0. The molecule has 0 heterocycles. The van der Waals surface area contributed by atoms with Gasteiger partial charge in [-0.2, -0.15) is 0 Å². The summed E-state index contributed by atoms with van der Waals surface area (Å²) in [5, 5.41) is 0. The first kappa shape index (κ1) is 11.7. The van der Waals surface area contributed by atoms with Crippen molar-refractivity contribution in [3.05, 3.63) is 34.9 Å². The second-order valence-electron chi connectivity index (χ2n) is 2.71. The summed E-state index contributed by atoms with van der Waals surface area (Å²) in [5.74, 6) is 3.87. The topological polar surface area (TPSA) is 17.1 Å². The molecule has 0 aliphatic carbocycles. The third-order valence-electron chi connectivity index (χ3n) is 1.66. The molecular weight excluding hydrogens is 222 g/mol. The molecule has 0 amide bonds. The fourth-order valence-electron chi connectivity index (χ4n) is 0.953. The number of carbonyl (C=O) groups is 1. The molecule has 0 saturated heterocycles. The molecule has 15 heavy (non-hydrogen) atoms. The number of aldehydes is 1. The van der Waals surface area contributed by atoms with E-state index in [1.807, 2.05) is 0 Å². The highest BCUT2D eigenvalue weighted by Gasteiger charge is 2.07. The fraction of sp³-hybridized carbons (Fsp3) is 0.182. The van der Waals surface area contributed by atoms with Crippen LogP contribution in [0.4, 0.5) is 8.78 Å². The predicted octanol–water partition coefficient (Wildman–Crippen LogP) is 2.76. The summed E-state index contributed by atoms with van der Waals surface area (Å²) >= 11 is 5.37. The van der Waals surface area contributed by atoms with E-state index in [9.17, 15) is 13.6 Å². The number of carbonyl (C=O) groups excluding carboxylic acids is 1. The lowest BCUT2D eigenvalue weighted by molar-refractivity contribution is 0.111. The Balaban J connectivity index is 3.07. The lowest BCUT2D eigenvalue weighted by atomic mass is 10.1. The Labute approximate surface area is 91.1 Å². The zero-order valence-corrected chi connectivity index (χ0v) is 8.44. The van der Waals surface area contributed by atoms with Crippen LogP contribution in [0.5, 0.6) is 0 Å². The number of benzene rings is 1. The molecule has 1 aromatic rings. The average Bonchev–Trinajstić information content (AvgIpc) is 2.23. The van der Waals surface area contributed by atoms with E-state index < -0.39 is 11.6 Å². The normalized spacial score (nSPS) is 9.27. The summed E-state index contributed by atoms with van der Waals surface area (Å²) < 4.78 is 26.2. The second-order valence-corrected chi connectivity index (χ2v) is 3.09. The molecule has 1 nitrogen and oxygen atoms in total. The molecule has 1 aromatic carbocycles. The van der Waals surface area contributed by atoms with Gasteiger partial charge in [0.25, 0.3) is 0 Å². The minimum absolute atomic E-state index is 0.0665. The van der Waals surface area contributed by atoms with Gasteiger partial charge in [-0.25, -0.2) is 8.78 Å². The minimum Gasteiger partial charge on any atom is -0.298 e. The maximum atomic E-state index is 13.2. The third-order valence-corrected chi connectivity index (χ3v) is 1.84. The number of hydrogen-bond acceptors (Lipinski definition) is 1. The van der Waals surface area contributed by atoms with Crippen molar-refractivity contribution in [3.63, 3.8) is 0 Å². The molecule has 78 valence electrons. The van der Waals surface area contributed by atoms with Crippen molar-refractivity contribution in [3.8, 4) is 11.8 Å². The third kappa shape index (κ3) is 3.03. The highest BCUT2D eigenvalue weighted by atomic mass is 35.5. The molecule has 0 aliphatic rings. The van der Waals surface area contributed by atoms with Crippen molar-refractivity contribution in [2.24, 2.45) is 0 Å². The molecule has 4 heteroatoms. The summed E-state index contributed by atoms with van der Waals surface area (Å²) in [6.07, 6.45) is 0.659. The van der Waals surface area contributed by atoms with E-state index in [2.05, 4.69) is 11.8 Å². The molecule has 0 atom stereocenters. The van der Waals surface area contributed by atoms with Crippen LogP contribution in [0.25, 0.3) is 0 Å². The molecule has 0 fully saturated rings. The van der Waals surface area contributed by atoms with Gasteiger partial charge in [-0.15, -0.1) is 11.6 Å². The molecule has 0 aromatic heterocycles. The molecule has 0 saturated carbocycles. The molecule has 0 bridgehead atoms. The van der Waals surface area contributed by atoms with Gasteiger partial charge in [-0.1, -0.05) is 11.8 Å². The Bertz CT molecular complexity index is 432. The van der Waals surface area contributed by atoms with Crippen molar-refractivity contribution in [2.75, 3.05) is 5.88 Å². The van der Waals surface area contributed by atoms with E-state index in [1.54, 1.807) is 0 Å². The lowest BCUT2D eigenvalue weighted by Gasteiger charge is -1.97. The van der Waals surface area contributed by atoms with E-state index in [1.165, 1.54) is 0 Å². The first-order valence-corrected chi connectivity index (χ1v) is 4.71. The predicted molar refractivity (Wildman–Crippen MR) is 54.0 cm³/mol. The summed E-state index contributed by atoms with van der Waals surface area (Å²) in [5.41, 5.74) is -0.376. The number of alkyl halides is 1. The van der Waals surface area contributed by atoms with Gasteiger partial charge in [0, 0.05) is 12.3 Å². The molecule has 0 aliphatic heterocycles. The molecular formula is C11H7ClF2O. The van der Waals surface area contributed by atoms with Gasteiger partial charge in [-0.05, 0) is 12.1 Å². The zero-order chi connectivity index (χ0) is 11.3. The quantitative estimate of drug-likeness (QED) is 0.432. The summed E-state index contributed by atoms with van der Waals surface area (Å²) in [7, 11) is 0. The van der Waals surface area contributed by atoms with Crippen LogP contribution in [0.3, 0.4) is 0 Å². The van der Waals surface area contributed by atoms with Crippen molar-refractivity contribution >= 4 is 17.9 Å². The molecule has 0 N–H and O–H groups in total. The minimum atomic E-state index is -0.776. The zero-order valence-electron chi connectivity index (χ0n) is 7.69. The van der Waals surface area contributed by atoms with Crippen LogP contribution in [-0.4, -0.2) is 12.2 Å². The van der Waals surface area contributed by atoms with Crippen LogP contribution in [0, 0.1) is 23.5 Å². The van der Waals surface area contributed by atoms with Gasteiger partial charge in [0.05, 0.1) is 11.1 Å². The Morgan fingerprint density at radius 3 is 2.67 bits per heavy atom. The average molecular weight is 229 g/mol. The van der Waals surface area contributed by atoms with Crippen molar-refractivity contribution in [1.82, 2.24) is 0 Å². The Morgan fingerprint density at radius 2 is 2.07 bits per heavy atom. The molecule has 0 radical (unpaired) electrons. The van der Waals surface area contributed by atoms with Crippen LogP contribution >= 0.6 is 11.6 Å². The summed E-state index contributed by atoms with van der Waals surface area (Å²) in [4.78, 5) is 10.3. The number of halogens is 3. The molecule has 1 rings (SSSR count). The first-order valence-electron chi connectivity index (χ1n) is 4.18. The summed E-state index contributed by atoms with van der Waals surface area (Å²) in [6.45, 7) is 0. The monoisotopic (exact) mass is 228 g/mol. The number of rotatable bonds is 2. The van der Waals surface area contributed by atoms with Crippen LogP contribution in [0.1, 0.15) is 22.3 Å². The Morgan fingerprint density at radius 1 is 1.33 bits per heavy atom. The highest BCUT2D eigenvalue weighted by molar-refractivity contribution is 6.18. The van der Waals surface area contributed by atoms with Crippen LogP contribution < -0.4 is 0 Å². The first-order chi connectivity index (χ1) is 7.19. The Hall–Kier alpha value is -1.40. The van der Waals surface area contributed by atoms with Crippen molar-refractivity contribution in [2.45, 2.75) is 6.42 Å². The fourth-order valence-corrected chi connectivity index (χ4v) is 1.05. The lowest BCUT2D eigenvalue weighted by Crippen LogP contribution is -1.93. The molecule has 0 unspecified atom stereocenters. The van der Waals surface area contributed by atoms with Gasteiger partial charge < -0.3 is 0 Å². The van der Waals surface area contributed by atoms with Gasteiger partial charge in [0.1, 0.15) is 11.6 Å². The van der Waals surface area contributed by atoms with Crippen molar-refractivity contribution in [1.29, 1.82) is 0 Å². The summed E-state index contributed by atoms with van der Waals surface area (Å²) in [6, 6.07) is 1.73. The van der Waals surface area contributed by atoms with Gasteiger partial charge in [-0.3, -0.25) is 4.79 Å².